The van der Waals surface area contributed by atoms with Gasteiger partial charge in [-0.25, -0.2) is 4.98 Å². The van der Waals surface area contributed by atoms with Crippen molar-refractivity contribution in [2.75, 3.05) is 5.32 Å². The van der Waals surface area contributed by atoms with Crippen LogP contribution >= 0.6 is 11.3 Å². The Hall–Kier alpha value is -3.43. The van der Waals surface area contributed by atoms with Crippen LogP contribution in [0.3, 0.4) is 0 Å². The third kappa shape index (κ3) is 3.17. The number of rotatable bonds is 3. The first kappa shape index (κ1) is 18.6. The number of nitrogens with one attached hydrogen (secondary N) is 1. The number of benzene rings is 1. The topological polar surface area (TPSA) is 78.9 Å². The van der Waals surface area contributed by atoms with Gasteiger partial charge in [0.25, 0.3) is 5.91 Å². The summed E-state index contributed by atoms with van der Waals surface area (Å²) in [5.74, 6) is 1.17. The maximum Gasteiger partial charge on any atom is 0.257 e. The van der Waals surface area contributed by atoms with Crippen LogP contribution in [0.15, 0.2) is 46.9 Å². The second-order valence-corrected chi connectivity index (χ2v) is 8.57. The van der Waals surface area contributed by atoms with Gasteiger partial charge in [-0.3, -0.25) is 4.79 Å². The summed E-state index contributed by atoms with van der Waals surface area (Å²) in [6, 6.07) is 15.4. The maximum atomic E-state index is 13.3. The van der Waals surface area contributed by atoms with Gasteiger partial charge in [0, 0.05) is 10.3 Å². The van der Waals surface area contributed by atoms with E-state index in [1.807, 2.05) is 43.3 Å². The Bertz CT molecular complexity index is 1330. The van der Waals surface area contributed by atoms with Gasteiger partial charge in [0.1, 0.15) is 22.5 Å². The Morgan fingerprint density at radius 3 is 2.83 bits per heavy atom. The highest BCUT2D eigenvalue weighted by molar-refractivity contribution is 7.16. The van der Waals surface area contributed by atoms with Gasteiger partial charge in [0.2, 0.25) is 0 Å². The van der Waals surface area contributed by atoms with Crippen molar-refractivity contribution in [1.29, 1.82) is 5.26 Å². The molecule has 30 heavy (non-hydrogen) atoms. The molecule has 0 unspecified atom stereocenters. The largest absolute Gasteiger partial charge is 0.460 e. The minimum Gasteiger partial charge on any atom is -0.460 e. The van der Waals surface area contributed by atoms with Gasteiger partial charge in [-0.05, 0) is 62.4 Å². The number of aryl methyl sites for hydroxylation is 2. The molecule has 0 spiro atoms. The molecule has 1 aromatic carbocycles. The molecule has 6 heteroatoms. The fraction of sp³-hybridized carbons (Fsp3) is 0.208. The first-order valence-corrected chi connectivity index (χ1v) is 10.8. The molecule has 1 aliphatic rings. The van der Waals surface area contributed by atoms with Gasteiger partial charge in [-0.2, -0.15) is 5.26 Å². The fourth-order valence-corrected chi connectivity index (χ4v) is 5.24. The van der Waals surface area contributed by atoms with E-state index in [1.54, 1.807) is 6.07 Å². The minimum atomic E-state index is -0.242. The summed E-state index contributed by atoms with van der Waals surface area (Å²) in [5, 5.41) is 14.1. The molecule has 3 heterocycles. The lowest BCUT2D eigenvalue weighted by Gasteiger charge is -2.10. The summed E-state index contributed by atoms with van der Waals surface area (Å²) in [5.41, 5.74) is 3.57. The van der Waals surface area contributed by atoms with E-state index in [9.17, 15) is 10.1 Å². The van der Waals surface area contributed by atoms with Crippen LogP contribution in [0.5, 0.6) is 0 Å². The van der Waals surface area contributed by atoms with E-state index in [4.69, 9.17) is 4.42 Å². The maximum absolute atomic E-state index is 13.3. The zero-order valence-corrected chi connectivity index (χ0v) is 17.3. The van der Waals surface area contributed by atoms with Crippen LogP contribution in [0.4, 0.5) is 5.00 Å². The first-order chi connectivity index (χ1) is 14.6. The summed E-state index contributed by atoms with van der Waals surface area (Å²) in [7, 11) is 0. The monoisotopic (exact) mass is 413 g/mol. The van der Waals surface area contributed by atoms with Crippen LogP contribution in [0.1, 0.15) is 45.0 Å². The highest BCUT2D eigenvalue weighted by atomic mass is 32.1. The van der Waals surface area contributed by atoms with Gasteiger partial charge < -0.3 is 9.73 Å². The van der Waals surface area contributed by atoms with Crippen LogP contribution in [0.2, 0.25) is 0 Å². The highest BCUT2D eigenvalue weighted by Gasteiger charge is 2.23. The number of aromatic nitrogens is 1. The Morgan fingerprint density at radius 1 is 1.20 bits per heavy atom. The number of nitrogens with zero attached hydrogens (tertiary/aromatic N) is 2. The molecule has 148 valence electrons. The molecule has 0 atom stereocenters. The van der Waals surface area contributed by atoms with Crippen molar-refractivity contribution in [3.8, 4) is 17.5 Å². The highest BCUT2D eigenvalue weighted by Crippen LogP contribution is 2.38. The number of amides is 1. The van der Waals surface area contributed by atoms with E-state index in [0.717, 1.165) is 47.9 Å². The van der Waals surface area contributed by atoms with Crippen molar-refractivity contribution < 1.29 is 9.21 Å². The van der Waals surface area contributed by atoms with E-state index in [-0.39, 0.29) is 5.91 Å². The average molecular weight is 414 g/mol. The molecule has 0 saturated carbocycles. The van der Waals surface area contributed by atoms with Gasteiger partial charge in [0.15, 0.2) is 5.76 Å². The molecule has 0 saturated heterocycles. The first-order valence-electron chi connectivity index (χ1n) is 9.96. The molecule has 1 amide bonds. The Kier molecular flexibility index (Phi) is 4.61. The molecule has 4 aromatic rings. The summed E-state index contributed by atoms with van der Waals surface area (Å²) in [6.45, 7) is 1.88. The molecule has 5 rings (SSSR count). The third-order valence-electron chi connectivity index (χ3n) is 5.46. The number of carbonyl (C=O) groups is 1. The molecular formula is C24H19N3O2S. The average Bonchev–Trinajstić information content (AvgIpc) is 3.35. The van der Waals surface area contributed by atoms with E-state index in [2.05, 4.69) is 16.4 Å². The van der Waals surface area contributed by atoms with Crippen molar-refractivity contribution >= 4 is 33.1 Å². The van der Waals surface area contributed by atoms with E-state index in [0.29, 0.717) is 27.6 Å². The normalized spacial score (nSPS) is 13.1. The molecule has 0 bridgehead atoms. The number of hydrogen-bond acceptors (Lipinski definition) is 5. The number of hydrogen-bond donors (Lipinski definition) is 1. The number of anilines is 1. The van der Waals surface area contributed by atoms with Gasteiger partial charge in [-0.1, -0.05) is 18.2 Å². The number of carbonyl (C=O) groups excluding carboxylic acids is 1. The number of furan rings is 1. The van der Waals surface area contributed by atoms with Gasteiger partial charge in [-0.15, -0.1) is 11.3 Å². The number of nitriles is 1. The lowest BCUT2D eigenvalue weighted by Crippen LogP contribution is -2.13. The molecule has 1 aliphatic carbocycles. The fourth-order valence-electron chi connectivity index (χ4n) is 4.00. The predicted octanol–water partition coefficient (Wildman–Crippen LogP) is 5.87. The van der Waals surface area contributed by atoms with Gasteiger partial charge >= 0.3 is 0 Å². The Balaban J connectivity index is 1.58. The molecular weight excluding hydrogens is 394 g/mol. The quantitative estimate of drug-likeness (QED) is 0.456. The van der Waals surface area contributed by atoms with Gasteiger partial charge in [0.05, 0.1) is 16.6 Å². The summed E-state index contributed by atoms with van der Waals surface area (Å²) in [4.78, 5) is 19.2. The molecule has 3 aromatic heterocycles. The minimum absolute atomic E-state index is 0.242. The molecule has 1 N–H and O–H groups in total. The number of pyridine rings is 1. The molecule has 0 fully saturated rings. The zero-order valence-electron chi connectivity index (χ0n) is 16.5. The lowest BCUT2D eigenvalue weighted by atomic mass is 9.96. The second-order valence-electron chi connectivity index (χ2n) is 7.46. The third-order valence-corrected chi connectivity index (χ3v) is 6.67. The number of para-hydroxylation sites is 1. The Morgan fingerprint density at radius 2 is 2.03 bits per heavy atom. The number of thiophene rings is 1. The van der Waals surface area contributed by atoms with Crippen LogP contribution in [-0.2, 0) is 12.8 Å². The standard InChI is InChI=1S/C24H19N3O2S/c1-14-10-11-21(29-14)20-12-17(15-6-2-4-8-19(15)26-20)23(28)27-24-18(13-25)16-7-3-5-9-22(16)30-24/h2,4,6,8,10-12H,3,5,7,9H2,1H3,(H,27,28). The van der Waals surface area contributed by atoms with Crippen molar-refractivity contribution in [2.45, 2.75) is 32.6 Å². The molecule has 0 radical (unpaired) electrons. The smallest absolute Gasteiger partial charge is 0.257 e. The SMILES string of the molecule is Cc1ccc(-c2cc(C(=O)Nc3sc4c(c3C#N)CCCC4)c3ccccc3n2)o1. The van der Waals surface area contributed by atoms with Crippen molar-refractivity contribution in [2.24, 2.45) is 0 Å². The summed E-state index contributed by atoms with van der Waals surface area (Å²) in [6.07, 6.45) is 4.11. The van der Waals surface area contributed by atoms with E-state index < -0.39 is 0 Å². The lowest BCUT2D eigenvalue weighted by molar-refractivity contribution is 0.102. The van der Waals surface area contributed by atoms with Crippen LogP contribution in [0.25, 0.3) is 22.4 Å². The molecule has 0 aliphatic heterocycles. The van der Waals surface area contributed by atoms with Crippen molar-refractivity contribution in [1.82, 2.24) is 4.98 Å². The van der Waals surface area contributed by atoms with Crippen LogP contribution in [0, 0.1) is 18.3 Å². The summed E-state index contributed by atoms with van der Waals surface area (Å²) < 4.78 is 5.73. The van der Waals surface area contributed by atoms with Crippen LogP contribution < -0.4 is 5.32 Å². The second kappa shape index (κ2) is 7.43. The van der Waals surface area contributed by atoms with Crippen LogP contribution in [-0.4, -0.2) is 10.9 Å². The Labute approximate surface area is 178 Å². The zero-order chi connectivity index (χ0) is 20.7. The predicted molar refractivity (Wildman–Crippen MR) is 118 cm³/mol. The van der Waals surface area contributed by atoms with Crippen molar-refractivity contribution in [3.05, 3.63) is 69.8 Å². The molecule has 5 nitrogen and oxygen atoms in total. The van der Waals surface area contributed by atoms with E-state index in [1.165, 1.54) is 16.2 Å². The summed E-state index contributed by atoms with van der Waals surface area (Å²) >= 11 is 1.53. The van der Waals surface area contributed by atoms with Crippen molar-refractivity contribution in [3.63, 3.8) is 0 Å². The van der Waals surface area contributed by atoms with E-state index >= 15 is 0 Å². The number of fused-ring (bicyclic) bond motifs is 2.